The second kappa shape index (κ2) is 6.39. The molecule has 0 amide bonds. The third-order valence-electron chi connectivity index (χ3n) is 2.21. The predicted molar refractivity (Wildman–Crippen MR) is 60.1 cm³/mol. The van der Waals surface area contributed by atoms with E-state index in [0.29, 0.717) is 12.7 Å². The van der Waals surface area contributed by atoms with Crippen LogP contribution in [0.3, 0.4) is 0 Å². The van der Waals surface area contributed by atoms with E-state index in [9.17, 15) is 0 Å². The predicted octanol–water partition coefficient (Wildman–Crippen LogP) is 3.56. The maximum absolute atomic E-state index is 5.75. The van der Waals surface area contributed by atoms with Crippen LogP contribution in [0.1, 0.15) is 25.3 Å². The molecule has 0 fully saturated rings. The molecule has 0 bridgehead atoms. The van der Waals surface area contributed by atoms with Crippen molar-refractivity contribution < 1.29 is 4.74 Å². The standard InChI is InChI=1S/C13H18O/c1-3-8-13(4-2)14-11-12-9-6-5-7-10-12/h3,5-7,9-10,13H,1,4,8,11H2,2H3. The number of rotatable bonds is 6. The van der Waals surface area contributed by atoms with E-state index >= 15 is 0 Å². The van der Waals surface area contributed by atoms with E-state index in [1.165, 1.54) is 5.56 Å². The fourth-order valence-electron chi connectivity index (χ4n) is 1.33. The Bertz CT molecular complexity index is 253. The molecule has 1 rings (SSSR count). The molecule has 0 N–H and O–H groups in total. The first kappa shape index (κ1) is 11.0. The molecule has 1 aromatic carbocycles. The summed E-state index contributed by atoms with van der Waals surface area (Å²) in [4.78, 5) is 0. The van der Waals surface area contributed by atoms with Crippen LogP contribution >= 0.6 is 0 Å². The maximum atomic E-state index is 5.75. The molecular formula is C13H18O. The third-order valence-corrected chi connectivity index (χ3v) is 2.21. The van der Waals surface area contributed by atoms with E-state index in [1.54, 1.807) is 0 Å². The van der Waals surface area contributed by atoms with Gasteiger partial charge in [0.1, 0.15) is 0 Å². The van der Waals surface area contributed by atoms with E-state index in [-0.39, 0.29) is 0 Å². The van der Waals surface area contributed by atoms with Gasteiger partial charge < -0.3 is 4.74 Å². The van der Waals surface area contributed by atoms with Crippen LogP contribution < -0.4 is 0 Å². The van der Waals surface area contributed by atoms with E-state index < -0.39 is 0 Å². The lowest BCUT2D eigenvalue weighted by atomic mass is 10.2. The highest BCUT2D eigenvalue weighted by atomic mass is 16.5. The smallest absolute Gasteiger partial charge is 0.0720 e. The van der Waals surface area contributed by atoms with Crippen molar-refractivity contribution in [2.75, 3.05) is 0 Å². The molecule has 1 unspecified atom stereocenters. The van der Waals surface area contributed by atoms with Crippen molar-refractivity contribution in [3.8, 4) is 0 Å². The molecule has 0 radical (unpaired) electrons. The van der Waals surface area contributed by atoms with E-state index in [0.717, 1.165) is 12.8 Å². The van der Waals surface area contributed by atoms with Crippen LogP contribution in [-0.2, 0) is 11.3 Å². The summed E-state index contributed by atoms with van der Waals surface area (Å²) in [5.41, 5.74) is 1.23. The van der Waals surface area contributed by atoms with E-state index in [4.69, 9.17) is 4.74 Å². The average Bonchev–Trinajstić information content (AvgIpc) is 2.25. The Morgan fingerprint density at radius 1 is 1.36 bits per heavy atom. The highest BCUT2D eigenvalue weighted by molar-refractivity contribution is 5.13. The van der Waals surface area contributed by atoms with Gasteiger partial charge >= 0.3 is 0 Å². The minimum absolute atomic E-state index is 0.313. The minimum atomic E-state index is 0.313. The number of ether oxygens (including phenoxy) is 1. The molecule has 0 saturated carbocycles. The van der Waals surface area contributed by atoms with Crippen LogP contribution in [0.2, 0.25) is 0 Å². The fraction of sp³-hybridized carbons (Fsp3) is 0.385. The largest absolute Gasteiger partial charge is 0.373 e. The van der Waals surface area contributed by atoms with Gasteiger partial charge in [0, 0.05) is 0 Å². The van der Waals surface area contributed by atoms with Gasteiger partial charge in [-0.3, -0.25) is 0 Å². The monoisotopic (exact) mass is 190 g/mol. The zero-order valence-corrected chi connectivity index (χ0v) is 8.78. The summed E-state index contributed by atoms with van der Waals surface area (Å²) in [7, 11) is 0. The number of hydrogen-bond donors (Lipinski definition) is 0. The molecule has 1 nitrogen and oxygen atoms in total. The molecule has 14 heavy (non-hydrogen) atoms. The van der Waals surface area contributed by atoms with Gasteiger partial charge in [0.2, 0.25) is 0 Å². The molecular weight excluding hydrogens is 172 g/mol. The second-order valence-electron chi connectivity index (χ2n) is 3.35. The van der Waals surface area contributed by atoms with Crippen LogP contribution in [0.5, 0.6) is 0 Å². The van der Waals surface area contributed by atoms with Gasteiger partial charge in [-0.1, -0.05) is 43.3 Å². The Kier molecular flexibility index (Phi) is 5.02. The minimum Gasteiger partial charge on any atom is -0.373 e. The van der Waals surface area contributed by atoms with Crippen molar-refractivity contribution in [3.63, 3.8) is 0 Å². The van der Waals surface area contributed by atoms with Crippen LogP contribution in [0.15, 0.2) is 43.0 Å². The fourth-order valence-corrected chi connectivity index (χ4v) is 1.33. The molecule has 1 atom stereocenters. The van der Waals surface area contributed by atoms with Crippen molar-refractivity contribution in [1.29, 1.82) is 0 Å². The summed E-state index contributed by atoms with van der Waals surface area (Å²) in [6.07, 6.45) is 4.20. The normalized spacial score (nSPS) is 12.4. The Morgan fingerprint density at radius 2 is 2.07 bits per heavy atom. The summed E-state index contributed by atoms with van der Waals surface area (Å²) in [5.74, 6) is 0. The summed E-state index contributed by atoms with van der Waals surface area (Å²) in [6.45, 7) is 6.56. The Labute approximate surface area is 86.4 Å². The zero-order chi connectivity index (χ0) is 10.2. The molecule has 0 aliphatic carbocycles. The van der Waals surface area contributed by atoms with Crippen molar-refractivity contribution in [3.05, 3.63) is 48.6 Å². The number of hydrogen-bond acceptors (Lipinski definition) is 1. The van der Waals surface area contributed by atoms with Gasteiger partial charge in [0.05, 0.1) is 12.7 Å². The molecule has 1 aromatic rings. The van der Waals surface area contributed by atoms with E-state index in [2.05, 4.69) is 25.6 Å². The Morgan fingerprint density at radius 3 is 2.64 bits per heavy atom. The molecule has 76 valence electrons. The first-order valence-electron chi connectivity index (χ1n) is 5.13. The van der Waals surface area contributed by atoms with Gasteiger partial charge in [0.15, 0.2) is 0 Å². The van der Waals surface area contributed by atoms with Crippen molar-refractivity contribution in [2.45, 2.75) is 32.5 Å². The van der Waals surface area contributed by atoms with Gasteiger partial charge in [-0.25, -0.2) is 0 Å². The number of benzene rings is 1. The Hall–Kier alpha value is -1.08. The highest BCUT2D eigenvalue weighted by Gasteiger charge is 2.03. The zero-order valence-electron chi connectivity index (χ0n) is 8.78. The van der Waals surface area contributed by atoms with Crippen LogP contribution in [-0.4, -0.2) is 6.10 Å². The van der Waals surface area contributed by atoms with Crippen molar-refractivity contribution >= 4 is 0 Å². The molecule has 0 aromatic heterocycles. The molecule has 0 heterocycles. The average molecular weight is 190 g/mol. The van der Waals surface area contributed by atoms with E-state index in [1.807, 2.05) is 24.3 Å². The molecule has 0 aliphatic rings. The summed E-state index contributed by atoms with van der Waals surface area (Å²) in [6, 6.07) is 10.3. The van der Waals surface area contributed by atoms with Crippen molar-refractivity contribution in [2.24, 2.45) is 0 Å². The molecule has 0 saturated heterocycles. The second-order valence-corrected chi connectivity index (χ2v) is 3.35. The third kappa shape index (κ3) is 3.75. The van der Waals surface area contributed by atoms with Gasteiger partial charge in [-0.2, -0.15) is 0 Å². The first-order valence-corrected chi connectivity index (χ1v) is 5.13. The van der Waals surface area contributed by atoms with Crippen LogP contribution in [0.25, 0.3) is 0 Å². The van der Waals surface area contributed by atoms with Gasteiger partial charge in [0.25, 0.3) is 0 Å². The first-order chi connectivity index (χ1) is 6.86. The lowest BCUT2D eigenvalue weighted by molar-refractivity contribution is 0.0403. The van der Waals surface area contributed by atoms with Crippen LogP contribution in [0, 0.1) is 0 Å². The Balaban J connectivity index is 2.35. The summed E-state index contributed by atoms with van der Waals surface area (Å²) < 4.78 is 5.75. The lowest BCUT2D eigenvalue weighted by Crippen LogP contribution is -2.10. The summed E-state index contributed by atoms with van der Waals surface area (Å²) in [5, 5.41) is 0. The lowest BCUT2D eigenvalue weighted by Gasteiger charge is -2.13. The topological polar surface area (TPSA) is 9.23 Å². The van der Waals surface area contributed by atoms with Gasteiger partial charge in [-0.15, -0.1) is 6.58 Å². The van der Waals surface area contributed by atoms with Crippen molar-refractivity contribution in [1.82, 2.24) is 0 Å². The SMILES string of the molecule is C=CCC(CC)OCc1ccccc1. The summed E-state index contributed by atoms with van der Waals surface area (Å²) >= 11 is 0. The quantitative estimate of drug-likeness (QED) is 0.623. The molecule has 0 aliphatic heterocycles. The van der Waals surface area contributed by atoms with Gasteiger partial charge in [-0.05, 0) is 18.4 Å². The maximum Gasteiger partial charge on any atom is 0.0720 e. The van der Waals surface area contributed by atoms with Crippen LogP contribution in [0.4, 0.5) is 0 Å². The molecule has 1 heteroatoms. The highest BCUT2D eigenvalue weighted by Crippen LogP contribution is 2.08. The molecule has 0 spiro atoms.